The second-order valence-corrected chi connectivity index (χ2v) is 8.07. The molecule has 1 aromatic carbocycles. The summed E-state index contributed by atoms with van der Waals surface area (Å²) in [4.78, 5) is 19.0. The third-order valence-electron chi connectivity index (χ3n) is 6.06. The maximum absolute atomic E-state index is 12.5. The van der Waals surface area contributed by atoms with Crippen molar-refractivity contribution >= 4 is 6.09 Å². The lowest BCUT2D eigenvalue weighted by Gasteiger charge is -2.54. The number of hydrogen-bond donors (Lipinski definition) is 0. The minimum absolute atomic E-state index is 0.100. The molecule has 2 saturated heterocycles. The molecular weight excluding hydrogens is 374 g/mol. The lowest BCUT2D eigenvalue weighted by molar-refractivity contribution is -0.168. The van der Waals surface area contributed by atoms with Gasteiger partial charge in [0.15, 0.2) is 11.5 Å². The van der Waals surface area contributed by atoms with Crippen molar-refractivity contribution in [3.05, 3.63) is 23.8 Å². The Kier molecular flexibility index (Phi) is 6.12. The number of likely N-dealkylation sites (N-methyl/N-ethyl adjacent to an activating group) is 2. The molecule has 1 amide bonds. The Morgan fingerprint density at radius 2 is 2.07 bits per heavy atom. The van der Waals surface area contributed by atoms with E-state index in [0.717, 1.165) is 62.9 Å². The first-order valence-electron chi connectivity index (χ1n) is 10.4. The zero-order chi connectivity index (χ0) is 20.3. The highest BCUT2D eigenvalue weighted by atomic mass is 16.7. The molecular formula is C21H31N3O5. The van der Waals surface area contributed by atoms with Gasteiger partial charge in [-0.25, -0.2) is 4.79 Å². The highest BCUT2D eigenvalue weighted by Gasteiger charge is 2.46. The van der Waals surface area contributed by atoms with Crippen LogP contribution in [0.4, 0.5) is 4.79 Å². The molecule has 8 nitrogen and oxygen atoms in total. The van der Waals surface area contributed by atoms with Crippen LogP contribution in [0, 0.1) is 0 Å². The molecule has 0 radical (unpaired) electrons. The Labute approximate surface area is 172 Å². The minimum Gasteiger partial charge on any atom is -0.454 e. The highest BCUT2D eigenvalue weighted by Crippen LogP contribution is 2.32. The number of ether oxygens (including phenoxy) is 4. The van der Waals surface area contributed by atoms with Gasteiger partial charge in [-0.05, 0) is 38.1 Å². The van der Waals surface area contributed by atoms with E-state index in [9.17, 15) is 4.79 Å². The Bertz CT molecular complexity index is 724. The first-order chi connectivity index (χ1) is 14.1. The molecule has 29 heavy (non-hydrogen) atoms. The van der Waals surface area contributed by atoms with Gasteiger partial charge in [-0.2, -0.15) is 0 Å². The molecule has 1 aromatic rings. The van der Waals surface area contributed by atoms with Crippen molar-refractivity contribution in [3.8, 4) is 11.5 Å². The molecule has 0 bridgehead atoms. The molecule has 160 valence electrons. The monoisotopic (exact) mass is 405 g/mol. The second kappa shape index (κ2) is 8.77. The van der Waals surface area contributed by atoms with Gasteiger partial charge in [-0.15, -0.1) is 0 Å². The molecule has 0 saturated carbocycles. The smallest absolute Gasteiger partial charge is 0.409 e. The highest BCUT2D eigenvalue weighted by molar-refractivity contribution is 5.67. The van der Waals surface area contributed by atoms with Gasteiger partial charge in [0, 0.05) is 39.3 Å². The summed E-state index contributed by atoms with van der Waals surface area (Å²) in [6.07, 6.45) is 0.500. The minimum atomic E-state index is -0.249. The molecule has 8 heteroatoms. The fourth-order valence-corrected chi connectivity index (χ4v) is 4.24. The summed E-state index contributed by atoms with van der Waals surface area (Å²) in [7, 11) is 2.15. The summed E-state index contributed by atoms with van der Waals surface area (Å²) < 4.78 is 21.8. The molecule has 2 fully saturated rings. The van der Waals surface area contributed by atoms with Gasteiger partial charge in [-0.1, -0.05) is 6.07 Å². The average molecular weight is 405 g/mol. The van der Waals surface area contributed by atoms with E-state index in [0.29, 0.717) is 19.7 Å². The average Bonchev–Trinajstić information content (AvgIpc) is 3.16. The van der Waals surface area contributed by atoms with Gasteiger partial charge in [0.2, 0.25) is 6.79 Å². The van der Waals surface area contributed by atoms with Gasteiger partial charge in [0.1, 0.15) is 6.61 Å². The van der Waals surface area contributed by atoms with Crippen molar-refractivity contribution < 1.29 is 23.7 Å². The molecule has 1 spiro atoms. The molecule has 0 aliphatic carbocycles. The van der Waals surface area contributed by atoms with Crippen molar-refractivity contribution in [2.75, 3.05) is 72.9 Å². The van der Waals surface area contributed by atoms with E-state index in [2.05, 4.69) is 16.8 Å². The summed E-state index contributed by atoms with van der Waals surface area (Å²) in [5, 5.41) is 0. The van der Waals surface area contributed by atoms with Crippen LogP contribution in [0.1, 0.15) is 12.5 Å². The van der Waals surface area contributed by atoms with Crippen LogP contribution in [0.3, 0.4) is 0 Å². The number of fused-ring (bicyclic) bond motifs is 1. The van der Waals surface area contributed by atoms with E-state index in [-0.39, 0.29) is 18.4 Å². The normalized spacial score (nSPS) is 20.5. The van der Waals surface area contributed by atoms with E-state index in [1.165, 1.54) is 0 Å². The summed E-state index contributed by atoms with van der Waals surface area (Å²) in [6.45, 7) is 9.20. The Balaban J connectivity index is 1.23. The first-order valence-corrected chi connectivity index (χ1v) is 10.4. The number of amides is 1. The van der Waals surface area contributed by atoms with Crippen molar-refractivity contribution in [1.82, 2.24) is 14.7 Å². The standard InChI is InChI=1S/C21H31N3O5/c1-3-23(7-6-17-4-5-18-19(12-17)29-16-28-18)20(25)27-11-10-24-9-8-22(2)13-21(24)14-26-15-21/h4-5,12H,3,6-11,13-16H2,1-2H3. The maximum Gasteiger partial charge on any atom is 0.409 e. The quantitative estimate of drug-likeness (QED) is 0.680. The topological polar surface area (TPSA) is 63.7 Å². The third kappa shape index (κ3) is 4.44. The van der Waals surface area contributed by atoms with Crippen LogP contribution in [-0.2, 0) is 15.9 Å². The maximum atomic E-state index is 12.5. The molecule has 3 aliphatic heterocycles. The van der Waals surface area contributed by atoms with Crippen molar-refractivity contribution in [2.24, 2.45) is 0 Å². The Hall–Kier alpha value is -2.03. The Morgan fingerprint density at radius 1 is 1.24 bits per heavy atom. The predicted molar refractivity (Wildman–Crippen MR) is 107 cm³/mol. The van der Waals surface area contributed by atoms with Crippen LogP contribution >= 0.6 is 0 Å². The fourth-order valence-electron chi connectivity index (χ4n) is 4.24. The number of nitrogens with zero attached hydrogens (tertiary/aromatic N) is 3. The molecule has 0 atom stereocenters. The van der Waals surface area contributed by atoms with E-state index in [1.807, 2.05) is 25.1 Å². The zero-order valence-electron chi connectivity index (χ0n) is 17.4. The Morgan fingerprint density at radius 3 is 2.83 bits per heavy atom. The van der Waals surface area contributed by atoms with Crippen molar-refractivity contribution in [2.45, 2.75) is 18.9 Å². The summed E-state index contributed by atoms with van der Waals surface area (Å²) >= 11 is 0. The number of benzene rings is 1. The molecule has 4 rings (SSSR count). The number of carbonyl (C=O) groups excluding carboxylic acids is 1. The molecule has 0 aromatic heterocycles. The van der Waals surface area contributed by atoms with E-state index >= 15 is 0 Å². The molecule has 3 aliphatic rings. The zero-order valence-corrected chi connectivity index (χ0v) is 17.4. The molecule has 0 unspecified atom stereocenters. The number of rotatable bonds is 7. The number of piperazine rings is 1. The third-order valence-corrected chi connectivity index (χ3v) is 6.06. The second-order valence-electron chi connectivity index (χ2n) is 8.07. The first kappa shape index (κ1) is 20.3. The molecule has 3 heterocycles. The summed E-state index contributed by atoms with van der Waals surface area (Å²) in [5.41, 5.74) is 1.22. The van der Waals surface area contributed by atoms with Crippen LogP contribution in [0.15, 0.2) is 18.2 Å². The number of carbonyl (C=O) groups is 1. The van der Waals surface area contributed by atoms with Crippen LogP contribution in [0.2, 0.25) is 0 Å². The SMILES string of the molecule is CCN(CCc1ccc2c(c1)OCO2)C(=O)OCCN1CCN(C)CC12COC2. The lowest BCUT2D eigenvalue weighted by Crippen LogP contribution is -2.71. The van der Waals surface area contributed by atoms with Crippen molar-refractivity contribution in [1.29, 1.82) is 0 Å². The largest absolute Gasteiger partial charge is 0.454 e. The summed E-state index contributed by atoms with van der Waals surface area (Å²) in [5.74, 6) is 1.55. The fraction of sp³-hybridized carbons (Fsp3) is 0.667. The van der Waals surface area contributed by atoms with Gasteiger partial charge >= 0.3 is 6.09 Å². The number of hydrogen-bond acceptors (Lipinski definition) is 7. The van der Waals surface area contributed by atoms with Crippen LogP contribution < -0.4 is 9.47 Å². The predicted octanol–water partition coefficient (Wildman–Crippen LogP) is 1.43. The van der Waals surface area contributed by atoms with E-state index < -0.39 is 0 Å². The van der Waals surface area contributed by atoms with Gasteiger partial charge in [0.25, 0.3) is 0 Å². The van der Waals surface area contributed by atoms with Gasteiger partial charge in [0.05, 0.1) is 18.8 Å². The van der Waals surface area contributed by atoms with Crippen LogP contribution in [0.25, 0.3) is 0 Å². The lowest BCUT2D eigenvalue weighted by atomic mass is 9.92. The van der Waals surface area contributed by atoms with Gasteiger partial charge < -0.3 is 28.7 Å². The van der Waals surface area contributed by atoms with Crippen molar-refractivity contribution in [3.63, 3.8) is 0 Å². The molecule has 0 N–H and O–H groups in total. The van der Waals surface area contributed by atoms with Crippen LogP contribution in [-0.4, -0.2) is 99.3 Å². The van der Waals surface area contributed by atoms with E-state index in [1.54, 1.807) is 4.90 Å². The van der Waals surface area contributed by atoms with Crippen LogP contribution in [0.5, 0.6) is 11.5 Å². The van der Waals surface area contributed by atoms with Gasteiger partial charge in [-0.3, -0.25) is 4.90 Å². The summed E-state index contributed by atoms with van der Waals surface area (Å²) in [6, 6.07) is 5.91. The van der Waals surface area contributed by atoms with E-state index in [4.69, 9.17) is 18.9 Å².